The number of nitrogens with zero attached hydrogens (tertiary/aromatic N) is 2. The van der Waals surface area contributed by atoms with Crippen molar-refractivity contribution in [2.75, 3.05) is 6.54 Å². The number of carbonyl (C=O) groups is 1. The van der Waals surface area contributed by atoms with Crippen LogP contribution in [0.2, 0.25) is 0 Å². The summed E-state index contributed by atoms with van der Waals surface area (Å²) in [4.78, 5) is 12.1. The van der Waals surface area contributed by atoms with E-state index >= 15 is 0 Å². The van der Waals surface area contributed by atoms with Crippen LogP contribution in [0.15, 0.2) is 63.9 Å². The first kappa shape index (κ1) is 19.7. The molecule has 0 aliphatic rings. The number of rotatable bonds is 7. The van der Waals surface area contributed by atoms with E-state index in [0.717, 1.165) is 11.1 Å². The van der Waals surface area contributed by atoms with E-state index in [1.54, 1.807) is 19.1 Å². The zero-order valence-corrected chi connectivity index (χ0v) is 16.1. The van der Waals surface area contributed by atoms with Gasteiger partial charge in [0.2, 0.25) is 15.9 Å². The molecule has 0 bridgehead atoms. The van der Waals surface area contributed by atoms with Gasteiger partial charge >= 0.3 is 5.97 Å². The van der Waals surface area contributed by atoms with Crippen LogP contribution in [0.25, 0.3) is 11.5 Å². The second kappa shape index (κ2) is 8.32. The van der Waals surface area contributed by atoms with E-state index in [1.807, 2.05) is 37.3 Å². The molecule has 1 atom stereocenters. The maximum absolute atomic E-state index is 12.2. The van der Waals surface area contributed by atoms with E-state index in [-0.39, 0.29) is 10.8 Å². The van der Waals surface area contributed by atoms with Crippen LogP contribution in [0.3, 0.4) is 0 Å². The van der Waals surface area contributed by atoms with Gasteiger partial charge < -0.3 is 9.15 Å². The van der Waals surface area contributed by atoms with Crippen molar-refractivity contribution in [1.82, 2.24) is 14.9 Å². The van der Waals surface area contributed by atoms with E-state index in [4.69, 9.17) is 9.15 Å². The molecule has 1 aromatic heterocycles. The lowest BCUT2D eigenvalue weighted by Gasteiger charge is -2.10. The third kappa shape index (κ3) is 4.81. The van der Waals surface area contributed by atoms with Gasteiger partial charge in [0.15, 0.2) is 6.10 Å². The maximum Gasteiger partial charge on any atom is 0.321 e. The summed E-state index contributed by atoms with van der Waals surface area (Å²) in [6.07, 6.45) is -0.818. The van der Waals surface area contributed by atoms with Crippen molar-refractivity contribution in [3.8, 4) is 11.5 Å². The molecule has 0 aliphatic heterocycles. The van der Waals surface area contributed by atoms with Crippen molar-refractivity contribution < 1.29 is 22.4 Å². The molecule has 9 heteroatoms. The Morgan fingerprint density at radius 2 is 1.79 bits per heavy atom. The van der Waals surface area contributed by atoms with Crippen molar-refractivity contribution in [2.24, 2.45) is 0 Å². The molecule has 8 nitrogen and oxygen atoms in total. The monoisotopic (exact) mass is 401 g/mol. The summed E-state index contributed by atoms with van der Waals surface area (Å²) in [5, 5.41) is 7.81. The molecule has 1 N–H and O–H groups in total. The smallest absolute Gasteiger partial charge is 0.321 e. The molecule has 0 unspecified atom stereocenters. The Hall–Kier alpha value is -3.04. The van der Waals surface area contributed by atoms with Crippen molar-refractivity contribution in [1.29, 1.82) is 0 Å². The fourth-order valence-electron chi connectivity index (χ4n) is 2.34. The SMILES string of the molecule is Cc1ccc(S(=O)(=O)NCC(=O)O[C@@H](C)c2nnc(-c3ccccc3)o2)cc1. The van der Waals surface area contributed by atoms with E-state index in [2.05, 4.69) is 14.9 Å². The van der Waals surface area contributed by atoms with Gasteiger partial charge in [0.05, 0.1) is 4.90 Å². The van der Waals surface area contributed by atoms with Crippen molar-refractivity contribution >= 4 is 16.0 Å². The second-order valence-electron chi connectivity index (χ2n) is 6.08. The molecule has 2 aromatic carbocycles. The van der Waals surface area contributed by atoms with Gasteiger partial charge in [0.1, 0.15) is 6.54 Å². The Morgan fingerprint density at radius 1 is 1.11 bits per heavy atom. The number of aryl methyl sites for hydroxylation is 1. The number of esters is 1. The topological polar surface area (TPSA) is 111 Å². The van der Waals surface area contributed by atoms with Gasteiger partial charge in [0.25, 0.3) is 5.89 Å². The average Bonchev–Trinajstić information content (AvgIpc) is 3.18. The molecular formula is C19H19N3O5S. The summed E-state index contributed by atoms with van der Waals surface area (Å²) in [5.74, 6) is -0.338. The first-order valence-electron chi connectivity index (χ1n) is 8.50. The van der Waals surface area contributed by atoms with Crippen LogP contribution in [0.1, 0.15) is 24.5 Å². The zero-order valence-electron chi connectivity index (χ0n) is 15.3. The van der Waals surface area contributed by atoms with Gasteiger partial charge in [-0.2, -0.15) is 4.72 Å². The van der Waals surface area contributed by atoms with Crippen molar-refractivity contribution in [3.05, 3.63) is 66.1 Å². The molecule has 1 heterocycles. The number of hydrogen-bond donors (Lipinski definition) is 1. The summed E-state index contributed by atoms with van der Waals surface area (Å²) in [7, 11) is -3.81. The van der Waals surface area contributed by atoms with Crippen LogP contribution in [-0.4, -0.2) is 31.1 Å². The molecule has 28 heavy (non-hydrogen) atoms. The Labute approximate surface area is 162 Å². The lowest BCUT2D eigenvalue weighted by atomic mass is 10.2. The highest BCUT2D eigenvalue weighted by Gasteiger charge is 2.21. The predicted octanol–water partition coefficient (Wildman–Crippen LogP) is 2.63. The Balaban J connectivity index is 1.57. The van der Waals surface area contributed by atoms with E-state index in [1.165, 1.54) is 12.1 Å². The lowest BCUT2D eigenvalue weighted by Crippen LogP contribution is -2.31. The molecular weight excluding hydrogens is 382 g/mol. The number of aromatic nitrogens is 2. The largest absolute Gasteiger partial charge is 0.452 e. The van der Waals surface area contributed by atoms with Crippen molar-refractivity contribution in [3.63, 3.8) is 0 Å². The summed E-state index contributed by atoms with van der Waals surface area (Å²) in [6.45, 7) is 2.90. The molecule has 146 valence electrons. The van der Waals surface area contributed by atoms with Gasteiger partial charge in [-0.15, -0.1) is 10.2 Å². The lowest BCUT2D eigenvalue weighted by molar-refractivity contribution is -0.148. The fraction of sp³-hybridized carbons (Fsp3) is 0.211. The van der Waals surface area contributed by atoms with Crippen LogP contribution in [0.5, 0.6) is 0 Å². The van der Waals surface area contributed by atoms with Gasteiger partial charge in [-0.25, -0.2) is 8.42 Å². The quantitative estimate of drug-likeness (QED) is 0.606. The summed E-state index contributed by atoms with van der Waals surface area (Å²) in [5.41, 5.74) is 1.67. The minimum absolute atomic E-state index is 0.0725. The highest BCUT2D eigenvalue weighted by Crippen LogP contribution is 2.22. The average molecular weight is 401 g/mol. The summed E-state index contributed by atoms with van der Waals surface area (Å²) < 4.78 is 37.3. The minimum Gasteiger partial charge on any atom is -0.452 e. The van der Waals surface area contributed by atoms with Crippen LogP contribution >= 0.6 is 0 Å². The first-order chi connectivity index (χ1) is 13.3. The number of benzene rings is 2. The molecule has 0 saturated carbocycles. The molecule has 0 radical (unpaired) electrons. The minimum atomic E-state index is -3.81. The van der Waals surface area contributed by atoms with Gasteiger partial charge in [-0.3, -0.25) is 4.79 Å². The number of nitrogens with one attached hydrogen (secondary N) is 1. The first-order valence-corrected chi connectivity index (χ1v) is 9.98. The normalized spacial score (nSPS) is 12.5. The van der Waals surface area contributed by atoms with Crippen LogP contribution in [0.4, 0.5) is 0 Å². The number of carbonyl (C=O) groups excluding carboxylic acids is 1. The van der Waals surface area contributed by atoms with Crippen molar-refractivity contribution in [2.45, 2.75) is 24.8 Å². The highest BCUT2D eigenvalue weighted by atomic mass is 32.2. The number of hydrogen-bond acceptors (Lipinski definition) is 7. The Bertz CT molecular complexity index is 1050. The maximum atomic E-state index is 12.2. The molecule has 3 aromatic rings. The number of ether oxygens (including phenoxy) is 1. The van der Waals surface area contributed by atoms with Crippen LogP contribution in [-0.2, 0) is 19.6 Å². The van der Waals surface area contributed by atoms with Crippen LogP contribution < -0.4 is 4.72 Å². The molecule has 0 amide bonds. The van der Waals surface area contributed by atoms with Gasteiger partial charge in [-0.05, 0) is 38.1 Å². The zero-order chi connectivity index (χ0) is 20.1. The third-order valence-electron chi connectivity index (χ3n) is 3.86. The van der Waals surface area contributed by atoms with Gasteiger partial charge in [0, 0.05) is 5.56 Å². The fourth-order valence-corrected chi connectivity index (χ4v) is 3.31. The summed E-state index contributed by atoms with van der Waals surface area (Å²) in [6, 6.07) is 15.4. The molecule has 3 rings (SSSR count). The highest BCUT2D eigenvalue weighted by molar-refractivity contribution is 7.89. The van der Waals surface area contributed by atoms with E-state index in [9.17, 15) is 13.2 Å². The van der Waals surface area contributed by atoms with E-state index < -0.39 is 28.6 Å². The Morgan fingerprint density at radius 3 is 2.46 bits per heavy atom. The number of sulfonamides is 1. The molecule has 0 spiro atoms. The summed E-state index contributed by atoms with van der Waals surface area (Å²) >= 11 is 0. The van der Waals surface area contributed by atoms with E-state index in [0.29, 0.717) is 5.89 Å². The van der Waals surface area contributed by atoms with Crippen LogP contribution in [0, 0.1) is 6.92 Å². The second-order valence-corrected chi connectivity index (χ2v) is 7.85. The molecule has 0 fully saturated rings. The molecule has 0 aliphatic carbocycles. The standard InChI is InChI=1S/C19H19N3O5S/c1-13-8-10-16(11-9-13)28(24,25)20-12-17(23)26-14(2)18-21-22-19(27-18)15-6-4-3-5-7-15/h3-11,14,20H,12H2,1-2H3/t14-/m0/s1. The molecule has 0 saturated heterocycles. The predicted molar refractivity (Wildman–Crippen MR) is 101 cm³/mol. The Kier molecular flexibility index (Phi) is 5.86. The van der Waals surface area contributed by atoms with Gasteiger partial charge in [-0.1, -0.05) is 35.9 Å². The third-order valence-corrected chi connectivity index (χ3v) is 5.27.